The Bertz CT molecular complexity index is 180. The van der Waals surface area contributed by atoms with Gasteiger partial charge in [-0.25, -0.2) is 0 Å². The van der Waals surface area contributed by atoms with Crippen molar-refractivity contribution in [3.05, 3.63) is 12.7 Å². The molecule has 1 fully saturated rings. The molecule has 1 nitrogen and oxygen atoms in total. The highest BCUT2D eigenvalue weighted by Gasteiger charge is 2.35. The van der Waals surface area contributed by atoms with Crippen LogP contribution in [-0.4, -0.2) is 10.7 Å². The van der Waals surface area contributed by atoms with Crippen LogP contribution in [0.2, 0.25) is 0 Å². The smallest absolute Gasteiger partial charge is 0.0710 e. The van der Waals surface area contributed by atoms with Gasteiger partial charge in [0.15, 0.2) is 0 Å². The molecule has 0 aliphatic heterocycles. The molecule has 0 saturated heterocycles. The fourth-order valence-corrected chi connectivity index (χ4v) is 2.75. The molecule has 1 aliphatic rings. The molecule has 1 aliphatic carbocycles. The molecule has 1 saturated carbocycles. The summed E-state index contributed by atoms with van der Waals surface area (Å²) in [5, 5.41) is 10.6. The predicted octanol–water partition coefficient (Wildman–Crippen LogP) is 4.06. The van der Waals surface area contributed by atoms with Gasteiger partial charge in [0.25, 0.3) is 0 Å². The van der Waals surface area contributed by atoms with E-state index in [1.807, 2.05) is 6.08 Å². The van der Waals surface area contributed by atoms with E-state index < -0.39 is 5.60 Å². The Balaban J connectivity index is 2.44. The zero-order chi connectivity index (χ0) is 11.1. The lowest BCUT2D eigenvalue weighted by atomic mass is 9.74. The Morgan fingerprint density at radius 2 is 1.93 bits per heavy atom. The van der Waals surface area contributed by atoms with Gasteiger partial charge in [-0.05, 0) is 19.3 Å². The van der Waals surface area contributed by atoms with Gasteiger partial charge in [-0.3, -0.25) is 0 Å². The molecule has 0 aromatic rings. The minimum atomic E-state index is -0.423. The van der Waals surface area contributed by atoms with Gasteiger partial charge in [0.1, 0.15) is 0 Å². The van der Waals surface area contributed by atoms with Crippen LogP contribution in [0.1, 0.15) is 64.7 Å². The summed E-state index contributed by atoms with van der Waals surface area (Å²) in [6.07, 6.45) is 12.5. The second kappa shape index (κ2) is 6.32. The first-order valence-corrected chi connectivity index (χ1v) is 6.58. The van der Waals surface area contributed by atoms with Crippen LogP contribution in [0.15, 0.2) is 12.7 Å². The van der Waals surface area contributed by atoms with Crippen LogP contribution in [0.3, 0.4) is 0 Å². The number of hydrogen-bond acceptors (Lipinski definition) is 1. The van der Waals surface area contributed by atoms with Gasteiger partial charge in [-0.1, -0.05) is 51.5 Å². The molecular weight excluding hydrogens is 184 g/mol. The van der Waals surface area contributed by atoms with Crippen molar-refractivity contribution in [1.29, 1.82) is 0 Å². The third-order valence-electron chi connectivity index (χ3n) is 3.81. The Hall–Kier alpha value is -0.300. The standard InChI is InChI=1S/C14H26O/c1-3-5-7-10-13(4-2)14(15)11-8-6-9-12-14/h4,13,15H,2-3,5-12H2,1H3. The lowest BCUT2D eigenvalue weighted by Crippen LogP contribution is -2.38. The zero-order valence-corrected chi connectivity index (χ0v) is 10.2. The monoisotopic (exact) mass is 210 g/mol. The first kappa shape index (κ1) is 12.8. The molecule has 0 heterocycles. The van der Waals surface area contributed by atoms with Crippen LogP contribution >= 0.6 is 0 Å². The predicted molar refractivity (Wildman–Crippen MR) is 65.9 cm³/mol. The normalized spacial score (nSPS) is 22.3. The van der Waals surface area contributed by atoms with Crippen LogP contribution in [0.5, 0.6) is 0 Å². The summed E-state index contributed by atoms with van der Waals surface area (Å²) < 4.78 is 0. The minimum absolute atomic E-state index is 0.323. The molecule has 1 rings (SSSR count). The maximum absolute atomic E-state index is 10.6. The fourth-order valence-electron chi connectivity index (χ4n) is 2.75. The van der Waals surface area contributed by atoms with Crippen molar-refractivity contribution in [2.75, 3.05) is 0 Å². The number of hydrogen-bond donors (Lipinski definition) is 1. The summed E-state index contributed by atoms with van der Waals surface area (Å²) in [6.45, 7) is 6.12. The first-order valence-electron chi connectivity index (χ1n) is 6.58. The lowest BCUT2D eigenvalue weighted by Gasteiger charge is -2.38. The quantitative estimate of drug-likeness (QED) is 0.517. The second-order valence-corrected chi connectivity index (χ2v) is 5.00. The van der Waals surface area contributed by atoms with E-state index in [1.54, 1.807) is 0 Å². The average Bonchev–Trinajstić information content (AvgIpc) is 2.25. The molecule has 0 aromatic carbocycles. The summed E-state index contributed by atoms with van der Waals surface area (Å²) in [6, 6.07) is 0. The van der Waals surface area contributed by atoms with Gasteiger partial charge < -0.3 is 5.11 Å². The molecule has 0 spiro atoms. The van der Waals surface area contributed by atoms with E-state index in [0.29, 0.717) is 5.92 Å². The third-order valence-corrected chi connectivity index (χ3v) is 3.81. The maximum atomic E-state index is 10.6. The van der Waals surface area contributed by atoms with Crippen LogP contribution < -0.4 is 0 Å². The van der Waals surface area contributed by atoms with Gasteiger partial charge in [-0.2, -0.15) is 0 Å². The molecule has 1 N–H and O–H groups in total. The van der Waals surface area contributed by atoms with Crippen molar-refractivity contribution in [3.63, 3.8) is 0 Å². The van der Waals surface area contributed by atoms with Crippen LogP contribution in [0, 0.1) is 5.92 Å². The van der Waals surface area contributed by atoms with E-state index in [2.05, 4.69) is 13.5 Å². The summed E-state index contributed by atoms with van der Waals surface area (Å²) in [7, 11) is 0. The molecule has 1 atom stereocenters. The fraction of sp³-hybridized carbons (Fsp3) is 0.857. The summed E-state index contributed by atoms with van der Waals surface area (Å²) in [5.74, 6) is 0.323. The Kier molecular flexibility index (Phi) is 5.38. The van der Waals surface area contributed by atoms with E-state index >= 15 is 0 Å². The van der Waals surface area contributed by atoms with Crippen molar-refractivity contribution in [2.24, 2.45) is 5.92 Å². The molecule has 15 heavy (non-hydrogen) atoms. The molecule has 0 bridgehead atoms. The van der Waals surface area contributed by atoms with Gasteiger partial charge in [0, 0.05) is 5.92 Å². The molecule has 88 valence electrons. The third kappa shape index (κ3) is 3.64. The number of rotatable bonds is 6. The Morgan fingerprint density at radius 1 is 1.27 bits per heavy atom. The molecule has 0 aromatic heterocycles. The minimum Gasteiger partial charge on any atom is -0.389 e. The largest absolute Gasteiger partial charge is 0.389 e. The molecular formula is C14H26O. The van der Waals surface area contributed by atoms with Crippen LogP contribution in [0.25, 0.3) is 0 Å². The number of unbranched alkanes of at least 4 members (excludes halogenated alkanes) is 2. The van der Waals surface area contributed by atoms with E-state index in [1.165, 1.54) is 38.5 Å². The lowest BCUT2D eigenvalue weighted by molar-refractivity contribution is -0.0360. The highest BCUT2D eigenvalue weighted by molar-refractivity contribution is 4.97. The van der Waals surface area contributed by atoms with Gasteiger partial charge in [0.05, 0.1) is 5.60 Å². The SMILES string of the molecule is C=CC(CCCCC)C1(O)CCCCC1. The Labute approximate surface area is 94.6 Å². The van der Waals surface area contributed by atoms with Gasteiger partial charge >= 0.3 is 0 Å². The summed E-state index contributed by atoms with van der Waals surface area (Å²) in [4.78, 5) is 0. The van der Waals surface area contributed by atoms with Crippen LogP contribution in [0.4, 0.5) is 0 Å². The molecule has 1 heteroatoms. The van der Waals surface area contributed by atoms with Gasteiger partial charge in [0.2, 0.25) is 0 Å². The van der Waals surface area contributed by atoms with Crippen molar-refractivity contribution >= 4 is 0 Å². The average molecular weight is 210 g/mol. The number of aliphatic hydroxyl groups is 1. The Morgan fingerprint density at radius 3 is 2.47 bits per heavy atom. The second-order valence-electron chi connectivity index (χ2n) is 5.00. The van der Waals surface area contributed by atoms with Crippen molar-refractivity contribution < 1.29 is 5.11 Å². The van der Waals surface area contributed by atoms with Crippen LogP contribution in [-0.2, 0) is 0 Å². The van der Waals surface area contributed by atoms with E-state index in [-0.39, 0.29) is 0 Å². The highest BCUT2D eigenvalue weighted by atomic mass is 16.3. The summed E-state index contributed by atoms with van der Waals surface area (Å²) >= 11 is 0. The molecule has 0 amide bonds. The van der Waals surface area contributed by atoms with E-state index in [4.69, 9.17) is 0 Å². The first-order chi connectivity index (χ1) is 7.23. The summed E-state index contributed by atoms with van der Waals surface area (Å²) in [5.41, 5.74) is -0.423. The zero-order valence-electron chi connectivity index (χ0n) is 10.2. The highest BCUT2D eigenvalue weighted by Crippen LogP contribution is 2.37. The van der Waals surface area contributed by atoms with E-state index in [0.717, 1.165) is 19.3 Å². The molecule has 1 unspecified atom stereocenters. The van der Waals surface area contributed by atoms with Gasteiger partial charge in [-0.15, -0.1) is 6.58 Å². The van der Waals surface area contributed by atoms with E-state index in [9.17, 15) is 5.11 Å². The maximum Gasteiger partial charge on any atom is 0.0710 e. The van der Waals surface area contributed by atoms with Crippen molar-refractivity contribution in [3.8, 4) is 0 Å². The van der Waals surface area contributed by atoms with Crippen molar-refractivity contribution in [2.45, 2.75) is 70.3 Å². The molecule has 0 radical (unpaired) electrons. The van der Waals surface area contributed by atoms with Crippen molar-refractivity contribution in [1.82, 2.24) is 0 Å². The topological polar surface area (TPSA) is 20.2 Å².